The molecule has 3 heteroatoms. The van der Waals surface area contributed by atoms with Crippen molar-refractivity contribution in [1.29, 1.82) is 0 Å². The molecule has 0 aliphatic carbocycles. The quantitative estimate of drug-likeness (QED) is 0.757. The van der Waals surface area contributed by atoms with Crippen molar-refractivity contribution in [2.45, 2.75) is 40.7 Å². The van der Waals surface area contributed by atoms with E-state index in [0.717, 1.165) is 6.54 Å². The molecule has 0 bridgehead atoms. The highest BCUT2D eigenvalue weighted by molar-refractivity contribution is 5.73. The summed E-state index contributed by atoms with van der Waals surface area (Å²) in [6.45, 7) is 11.0. The van der Waals surface area contributed by atoms with Crippen LogP contribution in [0.1, 0.15) is 34.6 Å². The normalized spacial score (nSPS) is 14.9. The minimum Gasteiger partial charge on any atom is -0.480 e. The van der Waals surface area contributed by atoms with E-state index < -0.39 is 5.97 Å². The lowest BCUT2D eigenvalue weighted by molar-refractivity contribution is -0.144. The molecule has 0 aromatic rings. The van der Waals surface area contributed by atoms with E-state index >= 15 is 0 Å². The minimum absolute atomic E-state index is 0.136. The van der Waals surface area contributed by atoms with Crippen LogP contribution in [0.2, 0.25) is 0 Å². The zero-order valence-corrected chi connectivity index (χ0v) is 10.2. The van der Waals surface area contributed by atoms with E-state index in [4.69, 9.17) is 5.11 Å². The van der Waals surface area contributed by atoms with Crippen molar-refractivity contribution < 1.29 is 9.90 Å². The molecule has 1 atom stereocenters. The Balaban J connectivity index is 4.46. The monoisotopic (exact) mass is 201 g/mol. The molecule has 0 heterocycles. The van der Waals surface area contributed by atoms with Crippen LogP contribution in [0.5, 0.6) is 0 Å². The molecule has 1 unspecified atom stereocenters. The number of hydrogen-bond donors (Lipinski definition) is 1. The number of carboxylic acids is 1. The number of likely N-dealkylation sites (N-methyl/N-ethyl adjacent to an activating group) is 1. The number of aliphatic carboxylic acids is 1. The molecule has 0 aliphatic heterocycles. The molecule has 0 aromatic carbocycles. The van der Waals surface area contributed by atoms with Crippen LogP contribution >= 0.6 is 0 Å². The van der Waals surface area contributed by atoms with Gasteiger partial charge < -0.3 is 5.11 Å². The van der Waals surface area contributed by atoms with Crippen LogP contribution in [0.25, 0.3) is 0 Å². The van der Waals surface area contributed by atoms with Gasteiger partial charge in [0.1, 0.15) is 6.04 Å². The molecule has 0 amide bonds. The molecule has 0 radical (unpaired) electrons. The summed E-state index contributed by atoms with van der Waals surface area (Å²) >= 11 is 0. The maximum atomic E-state index is 11.0. The van der Waals surface area contributed by atoms with E-state index in [2.05, 4.69) is 20.8 Å². The van der Waals surface area contributed by atoms with Crippen molar-refractivity contribution in [3.05, 3.63) is 0 Å². The Labute approximate surface area is 87.1 Å². The van der Waals surface area contributed by atoms with Crippen molar-refractivity contribution in [2.75, 3.05) is 13.6 Å². The molecule has 1 N–H and O–H groups in total. The van der Waals surface area contributed by atoms with Crippen LogP contribution in [0, 0.1) is 11.3 Å². The maximum absolute atomic E-state index is 11.0. The third-order valence-electron chi connectivity index (χ3n) is 2.08. The van der Waals surface area contributed by atoms with E-state index in [-0.39, 0.29) is 17.4 Å². The fourth-order valence-electron chi connectivity index (χ4n) is 1.83. The summed E-state index contributed by atoms with van der Waals surface area (Å²) < 4.78 is 0. The van der Waals surface area contributed by atoms with Crippen molar-refractivity contribution in [3.8, 4) is 0 Å². The van der Waals surface area contributed by atoms with Gasteiger partial charge in [-0.3, -0.25) is 9.69 Å². The van der Waals surface area contributed by atoms with Crippen LogP contribution in [0.15, 0.2) is 0 Å². The molecule has 0 fully saturated rings. The van der Waals surface area contributed by atoms with Crippen LogP contribution in [0.4, 0.5) is 0 Å². The molecule has 84 valence electrons. The highest BCUT2D eigenvalue weighted by atomic mass is 16.4. The van der Waals surface area contributed by atoms with Crippen molar-refractivity contribution in [1.82, 2.24) is 4.90 Å². The number of carboxylic acid groups (broad SMARTS) is 1. The fourth-order valence-corrected chi connectivity index (χ4v) is 1.83. The number of nitrogens with zero attached hydrogens (tertiary/aromatic N) is 1. The van der Waals surface area contributed by atoms with Crippen molar-refractivity contribution in [2.24, 2.45) is 11.3 Å². The van der Waals surface area contributed by atoms with Gasteiger partial charge >= 0.3 is 5.97 Å². The molecule has 0 saturated heterocycles. The Morgan fingerprint density at radius 2 is 1.79 bits per heavy atom. The summed E-state index contributed by atoms with van der Waals surface area (Å²) in [6, 6.07) is -0.380. The molecular formula is C11H23NO2. The van der Waals surface area contributed by atoms with E-state index in [1.165, 1.54) is 0 Å². The molecule has 0 saturated carbocycles. The smallest absolute Gasteiger partial charge is 0.321 e. The summed E-state index contributed by atoms with van der Waals surface area (Å²) in [6.07, 6.45) is 0. The zero-order valence-electron chi connectivity index (χ0n) is 10.2. The maximum Gasteiger partial charge on any atom is 0.321 e. The molecule has 0 spiro atoms. The molecule has 0 aliphatic rings. The Kier molecular flexibility index (Phi) is 4.59. The Bertz CT molecular complexity index is 194. The van der Waals surface area contributed by atoms with Crippen LogP contribution in [-0.4, -0.2) is 35.6 Å². The predicted molar refractivity (Wildman–Crippen MR) is 58.3 cm³/mol. The third kappa shape index (κ3) is 4.61. The predicted octanol–water partition coefficient (Wildman–Crippen LogP) is 2.07. The first-order valence-corrected chi connectivity index (χ1v) is 5.08. The van der Waals surface area contributed by atoms with Gasteiger partial charge in [0.15, 0.2) is 0 Å². The van der Waals surface area contributed by atoms with Gasteiger partial charge in [0.25, 0.3) is 0 Å². The Morgan fingerprint density at radius 1 is 1.36 bits per heavy atom. The van der Waals surface area contributed by atoms with E-state index in [0.29, 0.717) is 0 Å². The lowest BCUT2D eigenvalue weighted by Crippen LogP contribution is -2.45. The van der Waals surface area contributed by atoms with E-state index in [9.17, 15) is 4.79 Å². The van der Waals surface area contributed by atoms with Gasteiger partial charge in [-0.15, -0.1) is 0 Å². The molecule has 0 aromatic heterocycles. The highest BCUT2D eigenvalue weighted by Crippen LogP contribution is 2.18. The first kappa shape index (κ1) is 13.4. The van der Waals surface area contributed by atoms with Gasteiger partial charge in [0, 0.05) is 6.54 Å². The number of carbonyl (C=O) groups is 1. The number of rotatable bonds is 4. The summed E-state index contributed by atoms with van der Waals surface area (Å²) in [4.78, 5) is 13.0. The SMILES string of the molecule is CC(C)C(C(=O)O)N(C)CC(C)(C)C. The molecule has 3 nitrogen and oxygen atoms in total. The van der Waals surface area contributed by atoms with Gasteiger partial charge in [-0.2, -0.15) is 0 Å². The summed E-state index contributed by atoms with van der Waals surface area (Å²) in [5, 5.41) is 9.07. The van der Waals surface area contributed by atoms with Crippen molar-refractivity contribution in [3.63, 3.8) is 0 Å². The molecular weight excluding hydrogens is 178 g/mol. The third-order valence-corrected chi connectivity index (χ3v) is 2.08. The van der Waals surface area contributed by atoms with E-state index in [1.807, 2.05) is 25.8 Å². The lowest BCUT2D eigenvalue weighted by atomic mass is 9.94. The summed E-state index contributed by atoms with van der Waals surface area (Å²) in [5.74, 6) is -0.591. The number of hydrogen-bond acceptors (Lipinski definition) is 2. The van der Waals surface area contributed by atoms with Gasteiger partial charge in [-0.1, -0.05) is 34.6 Å². The molecule has 0 rings (SSSR count). The summed E-state index contributed by atoms with van der Waals surface area (Å²) in [7, 11) is 1.88. The molecule has 14 heavy (non-hydrogen) atoms. The second kappa shape index (κ2) is 4.78. The first-order valence-electron chi connectivity index (χ1n) is 5.08. The van der Waals surface area contributed by atoms with Gasteiger partial charge in [0.2, 0.25) is 0 Å². The van der Waals surface area contributed by atoms with Crippen molar-refractivity contribution >= 4 is 5.97 Å². The second-order valence-corrected chi connectivity index (χ2v) is 5.50. The standard InChI is InChI=1S/C11H23NO2/c1-8(2)9(10(13)14)12(6)7-11(3,4)5/h8-9H,7H2,1-6H3,(H,13,14). The van der Waals surface area contributed by atoms with Crippen LogP contribution in [0.3, 0.4) is 0 Å². The zero-order chi connectivity index (χ0) is 11.5. The largest absolute Gasteiger partial charge is 0.480 e. The topological polar surface area (TPSA) is 40.5 Å². The average molecular weight is 201 g/mol. The van der Waals surface area contributed by atoms with Crippen LogP contribution < -0.4 is 0 Å². The second-order valence-electron chi connectivity index (χ2n) is 5.50. The Hall–Kier alpha value is -0.570. The van der Waals surface area contributed by atoms with Gasteiger partial charge in [-0.05, 0) is 18.4 Å². The first-order chi connectivity index (χ1) is 6.15. The summed E-state index contributed by atoms with van der Waals surface area (Å²) in [5.41, 5.74) is 0.136. The van der Waals surface area contributed by atoms with E-state index in [1.54, 1.807) is 0 Å². The lowest BCUT2D eigenvalue weighted by Gasteiger charge is -2.32. The Morgan fingerprint density at radius 3 is 2.00 bits per heavy atom. The highest BCUT2D eigenvalue weighted by Gasteiger charge is 2.28. The fraction of sp³-hybridized carbons (Fsp3) is 0.909. The minimum atomic E-state index is -0.730. The van der Waals surface area contributed by atoms with Gasteiger partial charge in [0.05, 0.1) is 0 Å². The average Bonchev–Trinajstić information content (AvgIpc) is 1.78. The van der Waals surface area contributed by atoms with Crippen LogP contribution in [-0.2, 0) is 4.79 Å². The van der Waals surface area contributed by atoms with Gasteiger partial charge in [-0.25, -0.2) is 0 Å².